The van der Waals surface area contributed by atoms with Gasteiger partial charge in [0, 0.05) is 50.5 Å². The summed E-state index contributed by atoms with van der Waals surface area (Å²) in [7, 11) is 0. The highest BCUT2D eigenvalue weighted by Crippen LogP contribution is 2.19. The Morgan fingerprint density at radius 2 is 0.784 bits per heavy atom. The lowest BCUT2D eigenvalue weighted by Gasteiger charge is -2.30. The summed E-state index contributed by atoms with van der Waals surface area (Å²) < 4.78 is 0. The van der Waals surface area contributed by atoms with Gasteiger partial charge in [-0.05, 0) is 156 Å². The Bertz CT molecular complexity index is 4930. The molecule has 0 saturated heterocycles. The molecule has 0 fully saturated rings. The third-order valence-corrected chi connectivity index (χ3v) is 24.6. The minimum atomic E-state index is -1.93. The number of carboxylic acid groups (broad SMARTS) is 4. The number of phenols is 1. The molecule has 1 aromatic heterocycles. The average molecular weight is 2130 g/mol. The van der Waals surface area contributed by atoms with Crippen molar-refractivity contribution in [3.05, 3.63) is 83.9 Å². The van der Waals surface area contributed by atoms with Gasteiger partial charge in [0.15, 0.2) is 12.0 Å². The molecule has 3 rings (SSSR count). The number of carbonyl (C=O) groups excluding carboxylic acids is 17. The van der Waals surface area contributed by atoms with E-state index in [4.69, 9.17) is 22.6 Å². The molecule has 0 saturated carbocycles. The molecule has 0 radical (unpaired) electrons. The maximum atomic E-state index is 14.8. The van der Waals surface area contributed by atoms with E-state index in [0.29, 0.717) is 23.2 Å². The number of nitrogens with zero attached hydrogens (tertiary/aromatic N) is 1. The lowest BCUT2D eigenvalue weighted by molar-refractivity contribution is -0.146. The van der Waals surface area contributed by atoms with Crippen LogP contribution in [-0.2, 0) is 120 Å². The minimum Gasteiger partial charge on any atom is -0.508 e. The first-order chi connectivity index (χ1) is 69.7. The highest BCUT2D eigenvalue weighted by molar-refractivity contribution is 7.98. The number of phenolic OH excluding ortho intramolecular Hbond substituents is 1. The van der Waals surface area contributed by atoms with Gasteiger partial charge in [-0.3, -0.25) is 101 Å². The van der Waals surface area contributed by atoms with Crippen LogP contribution in [0.4, 0.5) is 0 Å². The van der Waals surface area contributed by atoms with Gasteiger partial charge in [-0.25, -0.2) is 9.78 Å². The van der Waals surface area contributed by atoms with E-state index in [1.54, 1.807) is 70.5 Å². The predicted octanol–water partition coefficient (Wildman–Crippen LogP) is -5.67. The van der Waals surface area contributed by atoms with Gasteiger partial charge in [0.05, 0.1) is 37.5 Å². The van der Waals surface area contributed by atoms with Crippen molar-refractivity contribution in [2.24, 2.45) is 40.9 Å². The molecule has 52 nitrogen and oxygen atoms in total. The fraction of sp³-hybridized carbons (Fsp3) is 0.606. The summed E-state index contributed by atoms with van der Waals surface area (Å²) in [6.45, 7) is 15.2. The molecule has 0 aliphatic carbocycles. The largest absolute Gasteiger partial charge is 0.508 e. The van der Waals surface area contributed by atoms with Gasteiger partial charge in [-0.15, -0.1) is 0 Å². The van der Waals surface area contributed by atoms with Crippen LogP contribution in [-0.4, -0.2) is 335 Å². The number of nitrogens with one attached hydrogen (secondary N) is 20. The number of unbranched alkanes of at least 4 members (excludes halogenated alkanes) is 1. The Morgan fingerprint density at radius 3 is 1.23 bits per heavy atom. The second-order valence-electron chi connectivity index (χ2n) is 36.7. The number of aliphatic hydroxyl groups is 2. The standard InChI is InChI=1S/C94H148N24O28S2/c1-14-49(8)74(113-67(122)44-101-88(140)71(46(2)3)114-86(138)65(41-55-43-99-45-102-55)112-90(142)72(47(4)5)115-87(139)66(42-70(127)128)109-78(130)57(96)23-20-36-100-94(97)98)91(143)111-63(39-53-21-16-15-17-22-53)84(136)106-59(29-31-68(123)124)79(131)103-50(9)77(129)104-61(33-37-147-12)81(133)105-58(24-18-19-35-95)80(132)107-62(34-38-148-13)82(134)110-64(40-54-25-27-56(121)28-26-54)85(137)117-75(51(10)119)92(144)116-73(48(6)7)89(141)108-60(30-32-69(125)126)83(135)118-76(52(11)120)93(145)146/h15-17,21-22,25-28,43,45-52,57-66,71-76,119-121H,14,18-20,23-24,29-42,44,95-96H2,1-13H3,(H,99,102)(H,101,140)(H,103,131)(H,104,129)(H,105,133)(H,106,136)(H,107,132)(H,108,141)(H,109,130)(H,110,134)(H,111,143)(H,112,142)(H,113,122)(H,114,138)(H,115,139)(H,116,144)(H,117,137)(H,118,135)(H,123,124)(H,125,126)(H,127,128)(H,145,146)(H4,97,98,100)/t49-,50-,51+,52+,57-,58-,59-,60-,61-,62-,63-,64-,65-,66-,71-,72-,73-,74-,75-,76-/m0/s1. The molecule has 17 amide bonds. The van der Waals surface area contributed by atoms with Crippen molar-refractivity contribution in [1.82, 2.24) is 106 Å². The number of thioether (sulfide) groups is 2. The number of H-pyrrole nitrogens is 1. The van der Waals surface area contributed by atoms with Crippen molar-refractivity contribution in [3.8, 4) is 5.75 Å². The van der Waals surface area contributed by atoms with Crippen molar-refractivity contribution in [2.45, 2.75) is 294 Å². The minimum absolute atomic E-state index is 0.0389. The van der Waals surface area contributed by atoms with E-state index < -0.39 is 302 Å². The molecule has 1 heterocycles. The van der Waals surface area contributed by atoms with Crippen molar-refractivity contribution in [3.63, 3.8) is 0 Å². The third kappa shape index (κ3) is 46.9. The molecule has 824 valence electrons. The normalized spacial score (nSPS) is 15.3. The lowest BCUT2D eigenvalue weighted by atomic mass is 9.97. The highest BCUT2D eigenvalue weighted by atomic mass is 32.2. The van der Waals surface area contributed by atoms with Gasteiger partial charge in [0.2, 0.25) is 100 Å². The number of nitrogens with two attached hydrogens (primary N) is 3. The SMILES string of the molecule is CC[C@H](C)[C@H](NC(=O)CNC(=O)[C@@H](NC(=O)[C@H](Cc1cnc[nH]1)NC(=O)[C@@H](NC(=O)[C@H](CC(=O)O)NC(=O)[C@@H](N)CCCNC(=N)N)C(C)C)C(C)C)C(=O)N[C@@H](Cc1ccccc1)C(=O)N[C@@H](CCC(=O)O)C(=O)N[C@@H](C)C(=O)N[C@@H](CCSC)C(=O)N[C@@H](CCCCN)C(=O)N[C@@H](CCSC)C(=O)N[C@@H](Cc1ccc(O)cc1)C(=O)N[C@H](C(=O)N[C@H](C(=O)N[C@@H](CCC(=O)O)C(=O)N[C@H](C(=O)O)[C@@H](C)O)C(C)C)[C@@H](C)O. The van der Waals surface area contributed by atoms with E-state index in [1.807, 2.05) is 5.32 Å². The Balaban J connectivity index is 1.92. The van der Waals surface area contributed by atoms with Gasteiger partial charge in [-0.2, -0.15) is 23.5 Å². The first-order valence-electron chi connectivity index (χ1n) is 48.4. The Kier molecular flexibility index (Phi) is 57.5. The first kappa shape index (κ1) is 128. The van der Waals surface area contributed by atoms with Crippen LogP contribution >= 0.6 is 23.5 Å². The molecule has 2 aromatic carbocycles. The molecule has 148 heavy (non-hydrogen) atoms. The van der Waals surface area contributed by atoms with Gasteiger partial charge in [0.25, 0.3) is 0 Å². The van der Waals surface area contributed by atoms with Crippen LogP contribution in [0.15, 0.2) is 67.1 Å². The van der Waals surface area contributed by atoms with Crippen LogP contribution in [0, 0.1) is 29.1 Å². The lowest BCUT2D eigenvalue weighted by Crippen LogP contribution is -2.63. The number of guanidine groups is 1. The fourth-order valence-electron chi connectivity index (χ4n) is 14.6. The van der Waals surface area contributed by atoms with Crippen LogP contribution < -0.4 is 113 Å². The molecular weight excluding hydrogens is 1980 g/mol. The molecule has 0 bridgehead atoms. The number of aromatic hydroxyl groups is 1. The summed E-state index contributed by atoms with van der Waals surface area (Å²) in [5.74, 6) is -26.5. The van der Waals surface area contributed by atoms with Crippen LogP contribution in [0.3, 0.4) is 0 Å². The zero-order chi connectivity index (χ0) is 111. The zero-order valence-electron chi connectivity index (χ0n) is 85.2. The number of aliphatic carboxylic acids is 4. The topological polar surface area (TPSA) is 847 Å². The Morgan fingerprint density at radius 1 is 0.399 bits per heavy atom. The molecule has 0 spiro atoms. The third-order valence-electron chi connectivity index (χ3n) is 23.4. The van der Waals surface area contributed by atoms with E-state index in [2.05, 4.69) is 100 Å². The highest BCUT2D eigenvalue weighted by Gasteiger charge is 2.42. The molecule has 0 unspecified atom stereocenters. The van der Waals surface area contributed by atoms with Gasteiger partial charge < -0.3 is 154 Å². The van der Waals surface area contributed by atoms with E-state index in [1.165, 1.54) is 94.9 Å². The number of aromatic amines is 1. The Hall–Kier alpha value is -13.9. The van der Waals surface area contributed by atoms with Crippen LogP contribution in [0.1, 0.15) is 176 Å². The molecular formula is C94H148N24O28S2. The summed E-state index contributed by atoms with van der Waals surface area (Å²) in [5, 5.41) is 122. The van der Waals surface area contributed by atoms with Crippen molar-refractivity contribution < 1.29 is 136 Å². The van der Waals surface area contributed by atoms with Crippen LogP contribution in [0.25, 0.3) is 0 Å². The van der Waals surface area contributed by atoms with Crippen molar-refractivity contribution in [1.29, 1.82) is 5.41 Å². The second kappa shape index (κ2) is 66.4. The molecule has 54 heteroatoms. The maximum absolute atomic E-state index is 14.8. The number of amides is 17. The number of rotatable bonds is 70. The van der Waals surface area contributed by atoms with Gasteiger partial charge >= 0.3 is 23.9 Å². The molecule has 3 aromatic rings. The number of imidazole rings is 1. The summed E-state index contributed by atoms with van der Waals surface area (Å²) in [6, 6.07) is -13.7. The van der Waals surface area contributed by atoms with Crippen LogP contribution in [0.5, 0.6) is 5.75 Å². The monoisotopic (exact) mass is 2130 g/mol. The maximum Gasteiger partial charge on any atom is 0.328 e. The average Bonchev–Trinajstić information content (AvgIpc) is 1.11. The molecule has 0 aliphatic heterocycles. The van der Waals surface area contributed by atoms with E-state index >= 15 is 0 Å². The summed E-state index contributed by atoms with van der Waals surface area (Å²) in [4.78, 5) is 297. The van der Waals surface area contributed by atoms with Crippen molar-refractivity contribution in [2.75, 3.05) is 43.7 Å². The number of aliphatic hydroxyl groups excluding tert-OH is 2. The molecule has 0 aliphatic rings. The summed E-state index contributed by atoms with van der Waals surface area (Å²) in [5.41, 5.74) is 18.3. The molecule has 33 N–H and O–H groups in total. The number of carbonyl (C=O) groups is 21. The Labute approximate surface area is 865 Å². The number of aromatic nitrogens is 2. The van der Waals surface area contributed by atoms with Crippen LogP contribution in [0.2, 0.25) is 0 Å². The van der Waals surface area contributed by atoms with Gasteiger partial charge in [0.1, 0.15) is 96.4 Å². The zero-order valence-corrected chi connectivity index (χ0v) is 86.8. The summed E-state index contributed by atoms with van der Waals surface area (Å²) in [6.07, 6.45) is -1.27. The predicted molar refractivity (Wildman–Crippen MR) is 541 cm³/mol. The van der Waals surface area contributed by atoms with E-state index in [0.717, 1.165) is 13.8 Å². The number of hydrogen-bond donors (Lipinski definition) is 30. The smallest absolute Gasteiger partial charge is 0.328 e. The van der Waals surface area contributed by atoms with E-state index in [-0.39, 0.29) is 101 Å². The fourth-order valence-corrected chi connectivity index (χ4v) is 15.5. The van der Waals surface area contributed by atoms with Gasteiger partial charge in [-0.1, -0.05) is 104 Å². The second-order valence-corrected chi connectivity index (χ2v) is 38.6. The first-order valence-corrected chi connectivity index (χ1v) is 51.1. The number of benzene rings is 2. The van der Waals surface area contributed by atoms with Crippen molar-refractivity contribution >= 4 is 154 Å². The van der Waals surface area contributed by atoms with E-state index in [9.17, 15) is 136 Å². The quantitative estimate of drug-likeness (QED) is 0.0142. The summed E-state index contributed by atoms with van der Waals surface area (Å²) >= 11 is 2.51. The number of hydrogen-bond acceptors (Lipinski definition) is 30. The molecule has 20 atom stereocenters. The number of carboxylic acids is 4.